The summed E-state index contributed by atoms with van der Waals surface area (Å²) in [6.07, 6.45) is 0. The monoisotopic (exact) mass is 248 g/mol. The van der Waals surface area contributed by atoms with Crippen LogP contribution < -0.4 is 14.8 Å². The second-order valence-corrected chi connectivity index (χ2v) is 4.26. The Balaban J connectivity index is 3.03. The number of amides is 1. The van der Waals surface area contributed by atoms with Crippen molar-refractivity contribution in [1.29, 1.82) is 5.26 Å². The molecule has 1 aromatic carbocycles. The Morgan fingerprint density at radius 2 is 2.00 bits per heavy atom. The van der Waals surface area contributed by atoms with Gasteiger partial charge in [0, 0.05) is 6.07 Å². The second-order valence-electron chi connectivity index (χ2n) is 4.26. The Morgan fingerprint density at radius 1 is 1.33 bits per heavy atom. The number of nitrogens with zero attached hydrogens (tertiary/aromatic N) is 1. The summed E-state index contributed by atoms with van der Waals surface area (Å²) in [4.78, 5) is 11.9. The Labute approximate surface area is 106 Å². The molecule has 0 aliphatic carbocycles. The number of methoxy groups -OCH3 is 2. The van der Waals surface area contributed by atoms with E-state index in [0.717, 1.165) is 0 Å². The molecule has 0 saturated heterocycles. The number of ether oxygens (including phenoxy) is 2. The van der Waals surface area contributed by atoms with Crippen molar-refractivity contribution in [3.8, 4) is 17.6 Å². The highest BCUT2D eigenvalue weighted by molar-refractivity contribution is 5.97. The van der Waals surface area contributed by atoms with E-state index in [-0.39, 0.29) is 0 Å². The lowest BCUT2D eigenvalue weighted by Crippen LogP contribution is -2.29. The molecule has 0 bridgehead atoms. The fourth-order valence-electron chi connectivity index (χ4n) is 1.24. The molecule has 96 valence electrons. The van der Waals surface area contributed by atoms with Gasteiger partial charge in [0.1, 0.15) is 16.9 Å². The first-order valence-corrected chi connectivity index (χ1v) is 5.39. The van der Waals surface area contributed by atoms with Gasteiger partial charge >= 0.3 is 0 Å². The van der Waals surface area contributed by atoms with Crippen LogP contribution in [-0.4, -0.2) is 20.1 Å². The van der Waals surface area contributed by atoms with Gasteiger partial charge in [-0.05, 0) is 26.0 Å². The van der Waals surface area contributed by atoms with Crippen molar-refractivity contribution in [2.24, 2.45) is 5.41 Å². The van der Waals surface area contributed by atoms with E-state index >= 15 is 0 Å². The molecule has 0 unspecified atom stereocenters. The van der Waals surface area contributed by atoms with Gasteiger partial charge in [-0.1, -0.05) is 0 Å². The molecule has 0 radical (unpaired) electrons. The summed E-state index contributed by atoms with van der Waals surface area (Å²) in [5.74, 6) is 0.718. The molecule has 5 heteroatoms. The highest BCUT2D eigenvalue weighted by atomic mass is 16.5. The third kappa shape index (κ3) is 2.92. The van der Waals surface area contributed by atoms with Crippen LogP contribution in [-0.2, 0) is 4.79 Å². The average Bonchev–Trinajstić information content (AvgIpc) is 2.38. The van der Waals surface area contributed by atoms with E-state index in [0.29, 0.717) is 17.2 Å². The van der Waals surface area contributed by atoms with Gasteiger partial charge in [0.15, 0.2) is 0 Å². The number of nitriles is 1. The maximum Gasteiger partial charge on any atom is 0.244 e. The summed E-state index contributed by atoms with van der Waals surface area (Å²) in [6, 6.07) is 7.00. The van der Waals surface area contributed by atoms with Gasteiger partial charge in [-0.15, -0.1) is 0 Å². The minimum atomic E-state index is -1.10. The molecule has 5 nitrogen and oxygen atoms in total. The molecular weight excluding hydrogens is 232 g/mol. The fourth-order valence-corrected chi connectivity index (χ4v) is 1.24. The van der Waals surface area contributed by atoms with E-state index in [1.54, 1.807) is 32.0 Å². The van der Waals surface area contributed by atoms with Crippen molar-refractivity contribution in [2.45, 2.75) is 13.8 Å². The molecule has 18 heavy (non-hydrogen) atoms. The van der Waals surface area contributed by atoms with E-state index in [1.807, 2.05) is 6.07 Å². The fraction of sp³-hybridized carbons (Fsp3) is 0.385. The Morgan fingerprint density at radius 3 is 2.50 bits per heavy atom. The molecular formula is C13H16N2O3. The third-order valence-electron chi connectivity index (χ3n) is 2.50. The highest BCUT2D eigenvalue weighted by Crippen LogP contribution is 2.30. The highest BCUT2D eigenvalue weighted by Gasteiger charge is 2.28. The first kappa shape index (κ1) is 13.8. The number of rotatable bonds is 4. The van der Waals surface area contributed by atoms with Gasteiger partial charge < -0.3 is 14.8 Å². The molecule has 0 saturated carbocycles. The normalized spacial score (nSPS) is 10.4. The van der Waals surface area contributed by atoms with Gasteiger partial charge in [0.25, 0.3) is 0 Å². The van der Waals surface area contributed by atoms with Crippen LogP contribution in [0.25, 0.3) is 0 Å². The third-order valence-corrected chi connectivity index (χ3v) is 2.50. The van der Waals surface area contributed by atoms with Crippen molar-refractivity contribution in [1.82, 2.24) is 0 Å². The van der Waals surface area contributed by atoms with Crippen LogP contribution in [0.15, 0.2) is 18.2 Å². The van der Waals surface area contributed by atoms with Crippen molar-refractivity contribution in [3.05, 3.63) is 18.2 Å². The number of benzene rings is 1. The van der Waals surface area contributed by atoms with Gasteiger partial charge in [-0.3, -0.25) is 4.79 Å². The first-order valence-electron chi connectivity index (χ1n) is 5.39. The summed E-state index contributed by atoms with van der Waals surface area (Å²) in [5, 5.41) is 11.6. The van der Waals surface area contributed by atoms with Gasteiger partial charge in [-0.2, -0.15) is 5.26 Å². The van der Waals surface area contributed by atoms with Crippen molar-refractivity contribution in [3.63, 3.8) is 0 Å². The lowest BCUT2D eigenvalue weighted by molar-refractivity contribution is -0.121. The maximum absolute atomic E-state index is 11.9. The minimum absolute atomic E-state index is 0.392. The van der Waals surface area contributed by atoms with Crippen LogP contribution in [0.4, 0.5) is 5.69 Å². The van der Waals surface area contributed by atoms with E-state index in [9.17, 15) is 4.79 Å². The number of nitrogens with one attached hydrogen (secondary N) is 1. The van der Waals surface area contributed by atoms with E-state index in [2.05, 4.69) is 5.32 Å². The van der Waals surface area contributed by atoms with Crippen LogP contribution in [0.5, 0.6) is 11.5 Å². The molecule has 0 heterocycles. The molecule has 0 aromatic heterocycles. The molecule has 0 atom stereocenters. The number of hydrogen-bond donors (Lipinski definition) is 1. The molecule has 1 rings (SSSR count). The quantitative estimate of drug-likeness (QED) is 0.886. The zero-order chi connectivity index (χ0) is 13.8. The molecule has 1 N–H and O–H groups in total. The van der Waals surface area contributed by atoms with Crippen LogP contribution in [0.3, 0.4) is 0 Å². The average molecular weight is 248 g/mol. The van der Waals surface area contributed by atoms with Gasteiger partial charge in [-0.25, -0.2) is 0 Å². The molecule has 1 amide bonds. The molecule has 0 aliphatic rings. The lowest BCUT2D eigenvalue weighted by atomic mass is 9.94. The number of carbonyl (C=O) groups excluding carboxylic acids is 1. The summed E-state index contributed by atoms with van der Waals surface area (Å²) in [6.45, 7) is 3.10. The lowest BCUT2D eigenvalue weighted by Gasteiger charge is -2.17. The van der Waals surface area contributed by atoms with Gasteiger partial charge in [0.05, 0.1) is 26.0 Å². The van der Waals surface area contributed by atoms with E-state index in [1.165, 1.54) is 14.2 Å². The maximum atomic E-state index is 11.9. The van der Waals surface area contributed by atoms with Crippen LogP contribution in [0.1, 0.15) is 13.8 Å². The predicted molar refractivity (Wildman–Crippen MR) is 67.6 cm³/mol. The van der Waals surface area contributed by atoms with E-state index < -0.39 is 11.3 Å². The Kier molecular flexibility index (Phi) is 4.16. The molecule has 0 spiro atoms. The van der Waals surface area contributed by atoms with E-state index in [4.69, 9.17) is 14.7 Å². The van der Waals surface area contributed by atoms with Crippen molar-refractivity contribution >= 4 is 11.6 Å². The number of anilines is 1. The number of carbonyl (C=O) groups is 1. The summed E-state index contributed by atoms with van der Waals surface area (Å²) in [5.41, 5.74) is -0.626. The van der Waals surface area contributed by atoms with Gasteiger partial charge in [0.2, 0.25) is 5.91 Å². The molecule has 0 aliphatic heterocycles. The molecule has 0 fully saturated rings. The zero-order valence-corrected chi connectivity index (χ0v) is 10.9. The SMILES string of the molecule is COc1ccc(OC)c(NC(=O)C(C)(C)C#N)c1. The summed E-state index contributed by atoms with van der Waals surface area (Å²) in [7, 11) is 3.04. The smallest absolute Gasteiger partial charge is 0.244 e. The first-order chi connectivity index (χ1) is 8.44. The Bertz CT molecular complexity index is 489. The van der Waals surface area contributed by atoms with Crippen molar-refractivity contribution in [2.75, 3.05) is 19.5 Å². The number of hydrogen-bond acceptors (Lipinski definition) is 4. The van der Waals surface area contributed by atoms with Crippen molar-refractivity contribution < 1.29 is 14.3 Å². The van der Waals surface area contributed by atoms with Crippen LogP contribution in [0, 0.1) is 16.7 Å². The minimum Gasteiger partial charge on any atom is -0.497 e. The summed E-state index contributed by atoms with van der Waals surface area (Å²) >= 11 is 0. The zero-order valence-electron chi connectivity index (χ0n) is 10.9. The standard InChI is InChI=1S/C13H16N2O3/c1-13(2,8-14)12(16)15-10-7-9(17-3)5-6-11(10)18-4/h5-7H,1-4H3,(H,15,16). The second kappa shape index (κ2) is 5.41. The topological polar surface area (TPSA) is 71.3 Å². The predicted octanol–water partition coefficient (Wildman–Crippen LogP) is 2.19. The Hall–Kier alpha value is -2.22. The van der Waals surface area contributed by atoms with Crippen LogP contribution in [0.2, 0.25) is 0 Å². The summed E-state index contributed by atoms with van der Waals surface area (Å²) < 4.78 is 10.2. The van der Waals surface area contributed by atoms with Crippen LogP contribution >= 0.6 is 0 Å². The largest absolute Gasteiger partial charge is 0.497 e. The molecule has 1 aromatic rings.